The minimum Gasteiger partial charge on any atom is -0.312 e. The molecule has 0 radical (unpaired) electrons. The van der Waals surface area contributed by atoms with Gasteiger partial charge in [-0.1, -0.05) is 50.6 Å². The molecule has 0 bridgehead atoms. The number of hydrogen-bond donors (Lipinski definition) is 1. The number of hydrogen-bond acceptors (Lipinski definition) is 2. The van der Waals surface area contributed by atoms with Gasteiger partial charge in [-0.15, -0.1) is 0 Å². The molecular formula is C15H25NS. The van der Waals surface area contributed by atoms with Gasteiger partial charge in [0.15, 0.2) is 0 Å². The molecule has 0 spiro atoms. The van der Waals surface area contributed by atoms with Crippen LogP contribution in [0.5, 0.6) is 0 Å². The van der Waals surface area contributed by atoms with Crippen molar-refractivity contribution in [2.75, 3.05) is 7.05 Å². The van der Waals surface area contributed by atoms with E-state index in [9.17, 15) is 0 Å². The maximum Gasteiger partial charge on any atom is 0.0435 e. The van der Waals surface area contributed by atoms with Gasteiger partial charge < -0.3 is 5.32 Å². The van der Waals surface area contributed by atoms with E-state index in [0.29, 0.717) is 11.3 Å². The summed E-state index contributed by atoms with van der Waals surface area (Å²) < 4.78 is 0. The maximum atomic E-state index is 3.45. The van der Waals surface area contributed by atoms with Crippen molar-refractivity contribution in [3.05, 3.63) is 35.4 Å². The van der Waals surface area contributed by atoms with Crippen LogP contribution in [0, 0.1) is 6.92 Å². The van der Waals surface area contributed by atoms with E-state index < -0.39 is 0 Å². The zero-order valence-corrected chi connectivity index (χ0v) is 12.5. The van der Waals surface area contributed by atoms with E-state index >= 15 is 0 Å². The van der Waals surface area contributed by atoms with Crippen LogP contribution < -0.4 is 5.32 Å². The normalized spacial score (nSPS) is 16.5. The van der Waals surface area contributed by atoms with E-state index in [4.69, 9.17) is 0 Å². The van der Waals surface area contributed by atoms with Crippen LogP contribution in [0.2, 0.25) is 0 Å². The number of nitrogens with one attached hydrogen (secondary N) is 1. The van der Waals surface area contributed by atoms with Gasteiger partial charge in [0.25, 0.3) is 0 Å². The van der Waals surface area contributed by atoms with Gasteiger partial charge >= 0.3 is 0 Å². The van der Waals surface area contributed by atoms with E-state index in [1.54, 1.807) is 0 Å². The average Bonchev–Trinajstić information content (AvgIpc) is 2.32. The van der Waals surface area contributed by atoms with Crippen molar-refractivity contribution < 1.29 is 0 Å². The number of aryl methyl sites for hydroxylation is 1. The molecular weight excluding hydrogens is 226 g/mol. The Morgan fingerprint density at radius 2 is 1.76 bits per heavy atom. The first kappa shape index (κ1) is 14.6. The Kier molecular flexibility index (Phi) is 6.07. The number of benzene rings is 1. The van der Waals surface area contributed by atoms with E-state index in [-0.39, 0.29) is 0 Å². The SMILES string of the molecule is CCC(C)SC(C)C(NC)c1ccc(C)cc1. The Bertz CT molecular complexity index is 320. The predicted octanol–water partition coefficient (Wildman–Crippen LogP) is 4.18. The van der Waals surface area contributed by atoms with Crippen molar-refractivity contribution in [3.8, 4) is 0 Å². The summed E-state index contributed by atoms with van der Waals surface area (Å²) in [5.74, 6) is 0. The fourth-order valence-electron chi connectivity index (χ4n) is 1.99. The zero-order chi connectivity index (χ0) is 12.8. The van der Waals surface area contributed by atoms with Gasteiger partial charge in [0, 0.05) is 16.5 Å². The van der Waals surface area contributed by atoms with Crippen LogP contribution in [0.3, 0.4) is 0 Å². The molecule has 0 aliphatic heterocycles. The van der Waals surface area contributed by atoms with Crippen LogP contribution in [0.15, 0.2) is 24.3 Å². The summed E-state index contributed by atoms with van der Waals surface area (Å²) in [5.41, 5.74) is 2.72. The lowest BCUT2D eigenvalue weighted by Gasteiger charge is -2.26. The van der Waals surface area contributed by atoms with Crippen LogP contribution in [-0.4, -0.2) is 17.5 Å². The highest BCUT2D eigenvalue weighted by molar-refractivity contribution is 8.00. The van der Waals surface area contributed by atoms with Gasteiger partial charge in [0.2, 0.25) is 0 Å². The van der Waals surface area contributed by atoms with Crippen LogP contribution in [0.25, 0.3) is 0 Å². The van der Waals surface area contributed by atoms with Gasteiger partial charge in [0.1, 0.15) is 0 Å². The summed E-state index contributed by atoms with van der Waals surface area (Å²) in [7, 11) is 2.05. The van der Waals surface area contributed by atoms with Crippen molar-refractivity contribution in [2.45, 2.75) is 50.7 Å². The molecule has 3 unspecified atom stereocenters. The fourth-order valence-corrected chi connectivity index (χ4v) is 3.36. The lowest BCUT2D eigenvalue weighted by atomic mass is 10.0. The summed E-state index contributed by atoms with van der Waals surface area (Å²) in [6.45, 7) is 9.01. The Labute approximate surface area is 110 Å². The lowest BCUT2D eigenvalue weighted by Crippen LogP contribution is -2.26. The van der Waals surface area contributed by atoms with E-state index in [2.05, 4.69) is 76.1 Å². The molecule has 2 heteroatoms. The second-order valence-corrected chi connectivity index (χ2v) is 6.56. The molecule has 17 heavy (non-hydrogen) atoms. The molecule has 0 aliphatic carbocycles. The second kappa shape index (κ2) is 7.07. The number of thioether (sulfide) groups is 1. The molecule has 1 aromatic carbocycles. The Morgan fingerprint density at radius 1 is 1.18 bits per heavy atom. The fraction of sp³-hybridized carbons (Fsp3) is 0.600. The predicted molar refractivity (Wildman–Crippen MR) is 79.8 cm³/mol. The molecule has 1 rings (SSSR count). The van der Waals surface area contributed by atoms with Crippen LogP contribution in [-0.2, 0) is 0 Å². The summed E-state index contributed by atoms with van der Waals surface area (Å²) in [6.07, 6.45) is 1.24. The number of rotatable bonds is 6. The van der Waals surface area contributed by atoms with Gasteiger partial charge in [-0.25, -0.2) is 0 Å². The standard InChI is InChI=1S/C15H25NS/c1-6-12(3)17-13(4)15(16-5)14-9-7-11(2)8-10-14/h7-10,12-13,15-16H,6H2,1-5H3. The zero-order valence-electron chi connectivity index (χ0n) is 11.7. The van der Waals surface area contributed by atoms with Crippen molar-refractivity contribution >= 4 is 11.8 Å². The molecule has 1 aromatic rings. The molecule has 0 fully saturated rings. The summed E-state index contributed by atoms with van der Waals surface area (Å²) in [5, 5.41) is 4.77. The van der Waals surface area contributed by atoms with E-state index in [0.717, 1.165) is 5.25 Å². The molecule has 3 atom stereocenters. The summed E-state index contributed by atoms with van der Waals surface area (Å²) in [4.78, 5) is 0. The van der Waals surface area contributed by atoms with Crippen molar-refractivity contribution in [1.82, 2.24) is 5.32 Å². The first-order valence-corrected chi connectivity index (χ1v) is 7.42. The Balaban J connectivity index is 2.73. The summed E-state index contributed by atoms with van der Waals surface area (Å²) in [6, 6.07) is 9.31. The monoisotopic (exact) mass is 251 g/mol. The average molecular weight is 251 g/mol. The van der Waals surface area contributed by atoms with Crippen molar-refractivity contribution in [3.63, 3.8) is 0 Å². The van der Waals surface area contributed by atoms with Gasteiger partial charge in [-0.05, 0) is 26.0 Å². The highest BCUT2D eigenvalue weighted by Crippen LogP contribution is 2.30. The summed E-state index contributed by atoms with van der Waals surface area (Å²) >= 11 is 2.07. The van der Waals surface area contributed by atoms with Crippen LogP contribution in [0.1, 0.15) is 44.4 Å². The first-order chi connectivity index (χ1) is 8.08. The minimum atomic E-state index is 0.439. The van der Waals surface area contributed by atoms with E-state index in [1.807, 2.05) is 0 Å². The van der Waals surface area contributed by atoms with Gasteiger partial charge in [-0.2, -0.15) is 11.8 Å². The highest BCUT2D eigenvalue weighted by Gasteiger charge is 2.19. The minimum absolute atomic E-state index is 0.439. The molecule has 0 saturated carbocycles. The van der Waals surface area contributed by atoms with Crippen LogP contribution in [0.4, 0.5) is 0 Å². The third-order valence-electron chi connectivity index (χ3n) is 3.24. The van der Waals surface area contributed by atoms with Crippen molar-refractivity contribution in [2.24, 2.45) is 0 Å². The van der Waals surface area contributed by atoms with Gasteiger partial charge in [0.05, 0.1) is 0 Å². The molecule has 0 heterocycles. The first-order valence-electron chi connectivity index (χ1n) is 6.47. The van der Waals surface area contributed by atoms with Crippen molar-refractivity contribution in [1.29, 1.82) is 0 Å². The van der Waals surface area contributed by atoms with Crippen LogP contribution >= 0.6 is 11.8 Å². The third-order valence-corrected chi connectivity index (χ3v) is 4.74. The molecule has 0 aromatic heterocycles. The third kappa shape index (κ3) is 4.36. The Hall–Kier alpha value is -0.470. The van der Waals surface area contributed by atoms with Gasteiger partial charge in [-0.3, -0.25) is 0 Å². The largest absolute Gasteiger partial charge is 0.312 e. The topological polar surface area (TPSA) is 12.0 Å². The smallest absolute Gasteiger partial charge is 0.0435 e. The maximum absolute atomic E-state index is 3.45. The molecule has 1 nitrogen and oxygen atoms in total. The highest BCUT2D eigenvalue weighted by atomic mass is 32.2. The molecule has 0 saturated heterocycles. The lowest BCUT2D eigenvalue weighted by molar-refractivity contribution is 0.587. The molecule has 96 valence electrons. The molecule has 1 N–H and O–H groups in total. The molecule has 0 amide bonds. The second-order valence-electron chi connectivity index (χ2n) is 4.74. The quantitative estimate of drug-likeness (QED) is 0.814. The molecule has 0 aliphatic rings. The van der Waals surface area contributed by atoms with E-state index in [1.165, 1.54) is 17.5 Å². The Morgan fingerprint density at radius 3 is 2.24 bits per heavy atom.